The molecular weight excluding hydrogens is 371 g/mol. The Balaban J connectivity index is 0. The fourth-order valence-electron chi connectivity index (χ4n) is 0. The summed E-state index contributed by atoms with van der Waals surface area (Å²) in [6, 6.07) is 0. The largest absolute Gasteiger partial charge is 0.412 e. The van der Waals surface area contributed by atoms with Crippen molar-refractivity contribution in [1.29, 1.82) is 0 Å². The molecule has 0 spiro atoms. The third kappa shape index (κ3) is 223. The van der Waals surface area contributed by atoms with E-state index in [9.17, 15) is 0 Å². The van der Waals surface area contributed by atoms with E-state index in [2.05, 4.69) is 0 Å². The Labute approximate surface area is 106 Å². The van der Waals surface area contributed by atoms with Gasteiger partial charge in [-0.2, -0.15) is 0 Å². The molecule has 0 unspecified atom stereocenters. The monoisotopic (exact) mass is 385 g/mol. The first kappa shape index (κ1) is 403. The molecular formula is H15Cl3O6Tm. The van der Waals surface area contributed by atoms with E-state index in [0.717, 1.165) is 0 Å². The summed E-state index contributed by atoms with van der Waals surface area (Å²) < 4.78 is 0. The van der Waals surface area contributed by atoms with Gasteiger partial charge in [-0.25, -0.2) is 0 Å². The van der Waals surface area contributed by atoms with Crippen molar-refractivity contribution in [1.82, 2.24) is 0 Å². The predicted molar refractivity (Wildman–Crippen MR) is 43.4 cm³/mol. The number of hydrogen-bond acceptors (Lipinski definition) is 0. The second-order valence-corrected chi connectivity index (χ2v) is 0. The van der Waals surface area contributed by atoms with Crippen LogP contribution in [0.3, 0.4) is 0 Å². The van der Waals surface area contributed by atoms with Gasteiger partial charge in [0.25, 0.3) is 0 Å². The normalized spacial score (nSPS) is 0. The van der Waals surface area contributed by atoms with Crippen LogP contribution in [0.5, 0.6) is 0 Å². The van der Waals surface area contributed by atoms with Crippen molar-refractivity contribution in [2.24, 2.45) is 0 Å². The van der Waals surface area contributed by atoms with Gasteiger partial charge < -0.3 is 32.9 Å². The van der Waals surface area contributed by atoms with Crippen LogP contribution in [-0.2, 0) is 0 Å². The maximum Gasteiger partial charge on any atom is 0 e. The van der Waals surface area contributed by atoms with E-state index in [1.165, 1.54) is 0 Å². The van der Waals surface area contributed by atoms with E-state index in [1.54, 1.807) is 0 Å². The Kier molecular flexibility index (Phi) is 12300. The van der Waals surface area contributed by atoms with Crippen molar-refractivity contribution < 1.29 is 69.7 Å². The first-order valence-electron chi connectivity index (χ1n) is 0. The summed E-state index contributed by atoms with van der Waals surface area (Å²) in [7, 11) is 0. The van der Waals surface area contributed by atoms with Gasteiger partial charge in [0, 0.05) is 36.9 Å². The minimum atomic E-state index is 0. The summed E-state index contributed by atoms with van der Waals surface area (Å²) in [5, 5.41) is 0. The first-order chi connectivity index (χ1) is 0. The molecule has 6 nitrogen and oxygen atoms in total. The van der Waals surface area contributed by atoms with E-state index < -0.39 is 0 Å². The van der Waals surface area contributed by atoms with Crippen LogP contribution in [0.4, 0.5) is 0 Å². The predicted octanol–water partition coefficient (Wildman–Crippen LogP) is -3.68. The zero-order valence-corrected chi connectivity index (χ0v) is 8.73. The Morgan fingerprint density at radius 2 is 0.300 bits per heavy atom. The topological polar surface area (TPSA) is 189 Å². The third-order valence-electron chi connectivity index (χ3n) is 0. The van der Waals surface area contributed by atoms with Gasteiger partial charge in [0.1, 0.15) is 0 Å². The summed E-state index contributed by atoms with van der Waals surface area (Å²) in [6.07, 6.45) is 0. The molecule has 10 heavy (non-hydrogen) atoms. The number of hydrogen-bond donors (Lipinski definition) is 0. The van der Waals surface area contributed by atoms with Crippen LogP contribution in [0.2, 0.25) is 0 Å². The van der Waals surface area contributed by atoms with Crippen LogP contribution in [0, 0.1) is 36.9 Å². The van der Waals surface area contributed by atoms with E-state index in [4.69, 9.17) is 0 Å². The molecule has 0 fully saturated rings. The van der Waals surface area contributed by atoms with E-state index >= 15 is 0 Å². The molecule has 0 amide bonds. The van der Waals surface area contributed by atoms with Crippen molar-refractivity contribution in [3.63, 3.8) is 0 Å². The quantitative estimate of drug-likeness (QED) is 0.397. The van der Waals surface area contributed by atoms with Crippen molar-refractivity contribution in [3.8, 4) is 0 Å². The smallest absolute Gasteiger partial charge is 0 e. The van der Waals surface area contributed by atoms with Gasteiger partial charge in [-0.1, -0.05) is 0 Å². The molecule has 0 bridgehead atoms. The molecule has 0 aliphatic rings. The fourth-order valence-corrected chi connectivity index (χ4v) is 0. The molecule has 12 N–H and O–H groups in total. The maximum atomic E-state index is 0. The molecule has 0 aliphatic heterocycles. The van der Waals surface area contributed by atoms with Gasteiger partial charge >= 0.3 is 0 Å². The number of halogens is 3. The molecule has 1 radical (unpaired) electrons. The molecule has 0 aromatic carbocycles. The molecule has 0 saturated carbocycles. The van der Waals surface area contributed by atoms with Gasteiger partial charge in [-0.15, -0.1) is 37.2 Å². The minimum Gasteiger partial charge on any atom is -0.412 e. The summed E-state index contributed by atoms with van der Waals surface area (Å²) in [6.45, 7) is 0. The van der Waals surface area contributed by atoms with Crippen LogP contribution in [0.15, 0.2) is 0 Å². The van der Waals surface area contributed by atoms with Crippen molar-refractivity contribution in [2.75, 3.05) is 0 Å². The van der Waals surface area contributed by atoms with Gasteiger partial charge in [-0.3, -0.25) is 0 Å². The average molecular weight is 386 g/mol. The summed E-state index contributed by atoms with van der Waals surface area (Å²) in [4.78, 5) is 0. The molecule has 10 heteroatoms. The van der Waals surface area contributed by atoms with E-state index in [0.29, 0.717) is 0 Å². The molecule has 0 aromatic rings. The van der Waals surface area contributed by atoms with Crippen LogP contribution in [0.1, 0.15) is 0 Å². The fraction of sp³-hybridized carbons (Fsp3) is 0. The second-order valence-electron chi connectivity index (χ2n) is 0. The SMILES string of the molecule is Cl.Cl.Cl.O.O.O.O.O.O.[Tm]. The minimum absolute atomic E-state index is 0. The third-order valence-corrected chi connectivity index (χ3v) is 0. The molecule has 0 saturated heterocycles. The van der Waals surface area contributed by atoms with Gasteiger partial charge in [0.15, 0.2) is 0 Å². The Morgan fingerprint density at radius 3 is 0.300 bits per heavy atom. The van der Waals surface area contributed by atoms with Gasteiger partial charge in [-0.05, 0) is 0 Å². The molecule has 0 heterocycles. The van der Waals surface area contributed by atoms with Gasteiger partial charge in [0.05, 0.1) is 0 Å². The average Bonchev–Trinajstić information content (AvgIpc) is 0. The summed E-state index contributed by atoms with van der Waals surface area (Å²) in [5.41, 5.74) is 0. The van der Waals surface area contributed by atoms with Crippen molar-refractivity contribution >= 4 is 37.2 Å². The Hall–Kier alpha value is 1.86. The van der Waals surface area contributed by atoms with E-state index in [-0.39, 0.29) is 107 Å². The standard InChI is InChI=1S/3ClH.6H2O.Tm/h3*1H;6*1H2;. The Morgan fingerprint density at radius 1 is 0.300 bits per heavy atom. The molecule has 0 aliphatic carbocycles. The van der Waals surface area contributed by atoms with Crippen molar-refractivity contribution in [3.05, 3.63) is 0 Å². The van der Waals surface area contributed by atoms with Crippen LogP contribution < -0.4 is 0 Å². The van der Waals surface area contributed by atoms with Gasteiger partial charge in [0.2, 0.25) is 0 Å². The number of rotatable bonds is 0. The molecule has 0 atom stereocenters. The van der Waals surface area contributed by atoms with E-state index in [1.807, 2.05) is 0 Å². The molecule has 0 rings (SSSR count). The van der Waals surface area contributed by atoms with Crippen LogP contribution >= 0.6 is 37.2 Å². The zero-order chi connectivity index (χ0) is 0. The first-order valence-corrected chi connectivity index (χ1v) is 0. The maximum absolute atomic E-state index is 0. The molecule has 0 aromatic heterocycles. The molecule has 85 valence electrons. The van der Waals surface area contributed by atoms with Crippen LogP contribution in [0.25, 0.3) is 0 Å². The van der Waals surface area contributed by atoms with Crippen molar-refractivity contribution in [2.45, 2.75) is 0 Å². The second kappa shape index (κ2) is 304. The Bertz CT molecular complexity index is 13.0. The summed E-state index contributed by atoms with van der Waals surface area (Å²) in [5.74, 6) is 0. The summed E-state index contributed by atoms with van der Waals surface area (Å²) >= 11 is 0. The zero-order valence-electron chi connectivity index (χ0n) is 4.50. The van der Waals surface area contributed by atoms with Crippen LogP contribution in [-0.4, -0.2) is 32.9 Å².